The van der Waals surface area contributed by atoms with Gasteiger partial charge in [0.1, 0.15) is 23.2 Å². The molecule has 1 fully saturated rings. The first kappa shape index (κ1) is 31.7. The van der Waals surface area contributed by atoms with E-state index >= 15 is 0 Å². The lowest BCUT2D eigenvalue weighted by Gasteiger charge is -2.26. The molecule has 1 saturated heterocycles. The summed E-state index contributed by atoms with van der Waals surface area (Å²) in [6.45, 7) is 2.34. The van der Waals surface area contributed by atoms with E-state index < -0.39 is 64.4 Å². The van der Waals surface area contributed by atoms with Crippen LogP contribution in [0.1, 0.15) is 27.0 Å². The monoisotopic (exact) mass is 630 g/mol. The smallest absolute Gasteiger partial charge is 0.417 e. The van der Waals surface area contributed by atoms with E-state index in [1.54, 1.807) is 0 Å². The van der Waals surface area contributed by atoms with E-state index in [1.807, 2.05) is 4.90 Å². The van der Waals surface area contributed by atoms with E-state index in [1.165, 1.54) is 37.5 Å². The van der Waals surface area contributed by atoms with Gasteiger partial charge in [0.25, 0.3) is 11.5 Å². The number of carbonyl (C=O) groups is 2. The quantitative estimate of drug-likeness (QED) is 0.281. The fraction of sp³-hybridized carbons (Fsp3) is 0.290. The van der Waals surface area contributed by atoms with E-state index in [0.29, 0.717) is 31.9 Å². The molecular weight excluding hydrogens is 603 g/mol. The largest absolute Gasteiger partial charge is 0.480 e. The SMILES string of the molecule is Cn1ccc(C(F)(F)F)c(-c2nccc3c(C[C@H](NC(=O)c4c(F)cc(CN5CCOCC5)cc4F)C(=O)O)cccc23)c1=O. The lowest BCUT2D eigenvalue weighted by atomic mass is 9.95. The highest BCUT2D eigenvalue weighted by Crippen LogP contribution is 2.37. The summed E-state index contributed by atoms with van der Waals surface area (Å²) in [7, 11) is 1.30. The van der Waals surface area contributed by atoms with Crippen LogP contribution >= 0.6 is 0 Å². The number of pyridine rings is 2. The van der Waals surface area contributed by atoms with Crippen molar-refractivity contribution in [1.29, 1.82) is 0 Å². The van der Waals surface area contributed by atoms with Gasteiger partial charge in [-0.2, -0.15) is 13.2 Å². The number of carboxylic acid groups (broad SMARTS) is 1. The van der Waals surface area contributed by atoms with Crippen LogP contribution in [0, 0.1) is 11.6 Å². The Balaban J connectivity index is 1.45. The molecule has 1 atom stereocenters. The van der Waals surface area contributed by atoms with Crippen molar-refractivity contribution in [1.82, 2.24) is 19.8 Å². The summed E-state index contributed by atoms with van der Waals surface area (Å²) in [6.07, 6.45) is -3.09. The molecule has 0 radical (unpaired) electrons. The summed E-state index contributed by atoms with van der Waals surface area (Å²) in [5, 5.41) is 12.5. The second kappa shape index (κ2) is 12.7. The summed E-state index contributed by atoms with van der Waals surface area (Å²) in [6, 6.07) is 6.93. The van der Waals surface area contributed by atoms with E-state index in [4.69, 9.17) is 4.74 Å². The number of alkyl halides is 3. The van der Waals surface area contributed by atoms with Crippen LogP contribution in [0.25, 0.3) is 22.0 Å². The molecule has 9 nitrogen and oxygen atoms in total. The van der Waals surface area contributed by atoms with Gasteiger partial charge >= 0.3 is 12.1 Å². The number of hydrogen-bond acceptors (Lipinski definition) is 6. The average molecular weight is 631 g/mol. The third-order valence-electron chi connectivity index (χ3n) is 7.57. The van der Waals surface area contributed by atoms with Crippen molar-refractivity contribution in [2.24, 2.45) is 7.05 Å². The number of nitrogens with zero attached hydrogens (tertiary/aromatic N) is 3. The minimum atomic E-state index is -4.87. The number of aliphatic carboxylic acids is 1. The molecule has 236 valence electrons. The van der Waals surface area contributed by atoms with Crippen LogP contribution in [0.5, 0.6) is 0 Å². The molecule has 1 amide bonds. The highest BCUT2D eigenvalue weighted by Gasteiger charge is 2.36. The number of halogens is 5. The Hall–Kier alpha value is -4.69. The number of hydrogen-bond donors (Lipinski definition) is 2. The van der Waals surface area contributed by atoms with E-state index in [2.05, 4.69) is 10.3 Å². The van der Waals surface area contributed by atoms with Crippen LogP contribution in [-0.2, 0) is 35.7 Å². The van der Waals surface area contributed by atoms with Gasteiger partial charge in [-0.1, -0.05) is 18.2 Å². The summed E-state index contributed by atoms with van der Waals surface area (Å²) in [5.74, 6) is -5.13. The minimum Gasteiger partial charge on any atom is -0.480 e. The number of aromatic nitrogens is 2. The molecule has 1 aliphatic heterocycles. The Kier molecular flexibility index (Phi) is 8.98. The van der Waals surface area contributed by atoms with Gasteiger partial charge in [0.05, 0.1) is 30.0 Å². The highest BCUT2D eigenvalue weighted by molar-refractivity contribution is 5.99. The summed E-state index contributed by atoms with van der Waals surface area (Å²) < 4.78 is 77.9. The van der Waals surface area contributed by atoms with Gasteiger partial charge in [-0.15, -0.1) is 0 Å². The molecule has 0 spiro atoms. The number of carboxylic acids is 1. The Labute approximate surface area is 252 Å². The lowest BCUT2D eigenvalue weighted by Crippen LogP contribution is -2.43. The van der Waals surface area contributed by atoms with Crippen LogP contribution in [-0.4, -0.2) is 63.8 Å². The topological polar surface area (TPSA) is 114 Å². The predicted octanol–water partition coefficient (Wildman–Crippen LogP) is 4.16. The molecule has 0 unspecified atom stereocenters. The number of aryl methyl sites for hydroxylation is 1. The highest BCUT2D eigenvalue weighted by atomic mass is 19.4. The zero-order valence-corrected chi connectivity index (χ0v) is 23.8. The van der Waals surface area contributed by atoms with Crippen molar-refractivity contribution in [3.8, 4) is 11.3 Å². The molecule has 45 heavy (non-hydrogen) atoms. The van der Waals surface area contributed by atoms with Gasteiger partial charge < -0.3 is 19.7 Å². The van der Waals surface area contributed by atoms with Crippen molar-refractivity contribution in [2.45, 2.75) is 25.2 Å². The standard InChI is InChI=1S/C31H27F5N4O5/c1-39-8-6-21(31(34,35)36)25(29(39)42)27-20-4-2-3-18(19(20)5-7-37-27)15-24(30(43)44)38-28(41)26-22(32)13-17(14-23(26)33)16-40-9-11-45-12-10-40/h2-8,13-14,24H,9-12,15-16H2,1H3,(H,38,41)(H,43,44)/t24-/m0/s1. The van der Waals surface area contributed by atoms with Crippen LogP contribution in [0.15, 0.2) is 59.7 Å². The molecule has 5 rings (SSSR count). The number of nitrogens with one attached hydrogen (secondary N) is 1. The number of benzene rings is 2. The van der Waals surface area contributed by atoms with E-state index in [-0.39, 0.29) is 28.6 Å². The normalized spacial score (nSPS) is 14.8. The molecule has 0 aliphatic carbocycles. The fourth-order valence-corrected chi connectivity index (χ4v) is 5.35. The van der Waals surface area contributed by atoms with Crippen molar-refractivity contribution >= 4 is 22.6 Å². The number of carbonyl (C=O) groups excluding carboxylic acids is 1. The molecule has 2 aromatic heterocycles. The molecule has 3 heterocycles. The Morgan fingerprint density at radius 3 is 2.40 bits per heavy atom. The lowest BCUT2D eigenvalue weighted by molar-refractivity contribution is -0.139. The maximum absolute atomic E-state index is 15.0. The maximum Gasteiger partial charge on any atom is 0.417 e. The Morgan fingerprint density at radius 1 is 1.07 bits per heavy atom. The van der Waals surface area contributed by atoms with Crippen molar-refractivity contribution in [2.75, 3.05) is 26.3 Å². The van der Waals surface area contributed by atoms with Crippen molar-refractivity contribution < 1.29 is 41.4 Å². The molecule has 1 aliphatic rings. The molecule has 14 heteroatoms. The molecule has 0 saturated carbocycles. The van der Waals surface area contributed by atoms with Crippen LogP contribution in [0.2, 0.25) is 0 Å². The number of ether oxygens (including phenoxy) is 1. The fourth-order valence-electron chi connectivity index (χ4n) is 5.35. The number of rotatable bonds is 8. The van der Waals surface area contributed by atoms with Gasteiger partial charge in [-0.05, 0) is 40.8 Å². The summed E-state index contributed by atoms with van der Waals surface area (Å²) >= 11 is 0. The van der Waals surface area contributed by atoms with E-state index in [0.717, 1.165) is 29.0 Å². The molecule has 2 aromatic carbocycles. The first-order valence-corrected chi connectivity index (χ1v) is 13.8. The average Bonchev–Trinajstić information content (AvgIpc) is 2.97. The zero-order chi connectivity index (χ0) is 32.5. The molecular formula is C31H27F5N4O5. The van der Waals surface area contributed by atoms with Crippen molar-refractivity contribution in [3.63, 3.8) is 0 Å². The Bertz CT molecular complexity index is 1810. The maximum atomic E-state index is 15.0. The predicted molar refractivity (Wildman–Crippen MR) is 152 cm³/mol. The minimum absolute atomic E-state index is 0.132. The second-order valence-electron chi connectivity index (χ2n) is 10.6. The molecule has 0 bridgehead atoms. The number of amides is 1. The number of fused-ring (bicyclic) bond motifs is 1. The van der Waals surface area contributed by atoms with Crippen molar-refractivity contribution in [3.05, 3.63) is 99.1 Å². The summed E-state index contributed by atoms with van der Waals surface area (Å²) in [4.78, 5) is 44.0. The molecule has 4 aromatic rings. The van der Waals surface area contributed by atoms with Crippen LogP contribution in [0.3, 0.4) is 0 Å². The third kappa shape index (κ3) is 6.71. The third-order valence-corrected chi connectivity index (χ3v) is 7.57. The Morgan fingerprint density at radius 2 is 1.76 bits per heavy atom. The number of morpholine rings is 1. The zero-order valence-electron chi connectivity index (χ0n) is 23.8. The first-order valence-electron chi connectivity index (χ1n) is 13.8. The van der Waals surface area contributed by atoms with Gasteiger partial charge in [-0.3, -0.25) is 19.5 Å². The van der Waals surface area contributed by atoms with Crippen LogP contribution < -0.4 is 10.9 Å². The second-order valence-corrected chi connectivity index (χ2v) is 10.6. The van der Waals surface area contributed by atoms with Gasteiger partial charge in [0.2, 0.25) is 0 Å². The summed E-state index contributed by atoms with van der Waals surface area (Å²) in [5.41, 5.74) is -3.46. The van der Waals surface area contributed by atoms with E-state index in [9.17, 15) is 41.4 Å². The van der Waals surface area contributed by atoms with Gasteiger partial charge in [0.15, 0.2) is 0 Å². The first-order chi connectivity index (χ1) is 21.3. The van der Waals surface area contributed by atoms with Crippen LogP contribution in [0.4, 0.5) is 22.0 Å². The van der Waals surface area contributed by atoms with Gasteiger partial charge in [0, 0.05) is 50.9 Å². The van der Waals surface area contributed by atoms with Gasteiger partial charge in [-0.25, -0.2) is 13.6 Å². The molecule has 2 N–H and O–H groups in total.